The quantitative estimate of drug-likeness (QED) is 0.855. The summed E-state index contributed by atoms with van der Waals surface area (Å²) < 4.78 is 32.0. The summed E-state index contributed by atoms with van der Waals surface area (Å²) in [7, 11) is -3.66. The van der Waals surface area contributed by atoms with E-state index in [1.165, 1.54) is 12.1 Å². The van der Waals surface area contributed by atoms with Crippen LogP contribution in [0.25, 0.3) is 0 Å². The Morgan fingerprint density at radius 3 is 2.89 bits per heavy atom. The molecule has 1 aliphatic heterocycles. The molecular weight excluding hydrogens is 290 g/mol. The second-order valence-corrected chi connectivity index (χ2v) is 6.65. The molecule has 0 aromatic heterocycles. The molecule has 5 nitrogen and oxygen atoms in total. The second kappa shape index (κ2) is 6.19. The molecule has 19 heavy (non-hydrogen) atoms. The summed E-state index contributed by atoms with van der Waals surface area (Å²) in [5, 5.41) is 9.19. The standard InChI is InChI=1S/C12H16ClNO4S/c13-11-2-1-9(7-15)5-12(11)19(16,17)14-6-10-3-4-18-8-10/h1-2,5,10,14-15H,3-4,6-8H2. The Morgan fingerprint density at radius 2 is 2.26 bits per heavy atom. The van der Waals surface area contributed by atoms with Crippen molar-refractivity contribution in [2.24, 2.45) is 5.92 Å². The highest BCUT2D eigenvalue weighted by Gasteiger charge is 2.22. The molecule has 0 spiro atoms. The van der Waals surface area contributed by atoms with E-state index in [-0.39, 0.29) is 22.4 Å². The minimum absolute atomic E-state index is 0.000341. The lowest BCUT2D eigenvalue weighted by Gasteiger charge is -2.12. The predicted molar refractivity (Wildman–Crippen MR) is 71.5 cm³/mol. The average Bonchev–Trinajstić information content (AvgIpc) is 2.90. The Labute approximate surface area is 117 Å². The van der Waals surface area contributed by atoms with Crippen LogP contribution in [0.3, 0.4) is 0 Å². The van der Waals surface area contributed by atoms with Crippen molar-refractivity contribution in [2.75, 3.05) is 19.8 Å². The lowest BCUT2D eigenvalue weighted by molar-refractivity contribution is 0.186. The number of hydrogen-bond acceptors (Lipinski definition) is 4. The van der Waals surface area contributed by atoms with E-state index in [9.17, 15) is 8.42 Å². The van der Waals surface area contributed by atoms with Gasteiger partial charge in [0, 0.05) is 13.2 Å². The van der Waals surface area contributed by atoms with Crippen LogP contribution in [0.2, 0.25) is 5.02 Å². The van der Waals surface area contributed by atoms with Crippen molar-refractivity contribution >= 4 is 21.6 Å². The van der Waals surface area contributed by atoms with Gasteiger partial charge in [-0.25, -0.2) is 13.1 Å². The van der Waals surface area contributed by atoms with Crippen LogP contribution in [0.5, 0.6) is 0 Å². The highest BCUT2D eigenvalue weighted by atomic mass is 35.5. The topological polar surface area (TPSA) is 75.6 Å². The first-order chi connectivity index (χ1) is 9.03. The molecule has 0 saturated carbocycles. The zero-order chi connectivity index (χ0) is 13.9. The number of rotatable bonds is 5. The van der Waals surface area contributed by atoms with Crippen molar-refractivity contribution in [3.8, 4) is 0 Å². The molecule has 1 aliphatic rings. The van der Waals surface area contributed by atoms with Crippen molar-refractivity contribution < 1.29 is 18.3 Å². The SMILES string of the molecule is O=S(=O)(NCC1CCOC1)c1cc(CO)ccc1Cl. The summed E-state index contributed by atoms with van der Waals surface area (Å²) in [5.41, 5.74) is 0.508. The van der Waals surface area contributed by atoms with E-state index in [1.807, 2.05) is 0 Å². The molecule has 2 N–H and O–H groups in total. The molecule has 1 aromatic rings. The maximum Gasteiger partial charge on any atom is 0.242 e. The predicted octanol–water partition coefficient (Wildman–Crippen LogP) is 1.15. The number of nitrogens with one attached hydrogen (secondary N) is 1. The summed E-state index contributed by atoms with van der Waals surface area (Å²) in [4.78, 5) is -0.000341. The smallest absolute Gasteiger partial charge is 0.242 e. The van der Waals surface area contributed by atoms with Crippen molar-refractivity contribution in [1.82, 2.24) is 4.72 Å². The molecule has 7 heteroatoms. The van der Waals surface area contributed by atoms with Crippen molar-refractivity contribution in [3.05, 3.63) is 28.8 Å². The van der Waals surface area contributed by atoms with Gasteiger partial charge < -0.3 is 9.84 Å². The van der Waals surface area contributed by atoms with E-state index < -0.39 is 10.0 Å². The van der Waals surface area contributed by atoms with Gasteiger partial charge in [0.25, 0.3) is 0 Å². The van der Waals surface area contributed by atoms with Crippen LogP contribution in [0, 0.1) is 5.92 Å². The Morgan fingerprint density at radius 1 is 1.47 bits per heavy atom. The highest BCUT2D eigenvalue weighted by molar-refractivity contribution is 7.89. The molecule has 1 aromatic carbocycles. The number of ether oxygens (including phenoxy) is 1. The van der Waals surface area contributed by atoms with E-state index >= 15 is 0 Å². The van der Waals surface area contributed by atoms with Gasteiger partial charge in [-0.3, -0.25) is 0 Å². The van der Waals surface area contributed by atoms with E-state index in [2.05, 4.69) is 4.72 Å². The Bertz CT molecular complexity index is 541. The first-order valence-corrected chi connectivity index (χ1v) is 7.86. The lowest BCUT2D eigenvalue weighted by atomic mass is 10.1. The maximum absolute atomic E-state index is 12.2. The van der Waals surface area contributed by atoms with E-state index in [1.54, 1.807) is 6.07 Å². The number of sulfonamides is 1. The van der Waals surface area contributed by atoms with Crippen LogP contribution in [-0.4, -0.2) is 33.3 Å². The summed E-state index contributed by atoms with van der Waals surface area (Å²) >= 11 is 5.91. The highest BCUT2D eigenvalue weighted by Crippen LogP contribution is 2.23. The fraction of sp³-hybridized carbons (Fsp3) is 0.500. The third kappa shape index (κ3) is 3.67. The van der Waals surface area contributed by atoms with E-state index in [4.69, 9.17) is 21.4 Å². The van der Waals surface area contributed by atoms with Crippen LogP contribution in [0.15, 0.2) is 23.1 Å². The van der Waals surface area contributed by atoms with Gasteiger partial charge in [-0.1, -0.05) is 17.7 Å². The molecule has 0 aliphatic carbocycles. The number of halogens is 1. The molecule has 0 amide bonds. The van der Waals surface area contributed by atoms with Crippen LogP contribution in [0.4, 0.5) is 0 Å². The third-order valence-electron chi connectivity index (χ3n) is 3.05. The summed E-state index contributed by atoms with van der Waals surface area (Å²) in [5.74, 6) is 0.203. The first kappa shape index (κ1) is 14.7. The normalized spacial score (nSPS) is 19.8. The Hall–Kier alpha value is -0.660. The molecule has 1 fully saturated rings. The largest absolute Gasteiger partial charge is 0.392 e. The maximum atomic E-state index is 12.2. The molecule has 1 unspecified atom stereocenters. The zero-order valence-electron chi connectivity index (χ0n) is 10.3. The van der Waals surface area contributed by atoms with Crippen molar-refractivity contribution in [3.63, 3.8) is 0 Å². The van der Waals surface area contributed by atoms with E-state index in [0.717, 1.165) is 6.42 Å². The van der Waals surface area contributed by atoms with Gasteiger partial charge in [0.1, 0.15) is 4.90 Å². The molecule has 106 valence electrons. The van der Waals surface area contributed by atoms with Crippen LogP contribution in [-0.2, 0) is 21.4 Å². The fourth-order valence-electron chi connectivity index (χ4n) is 1.90. The molecule has 1 atom stereocenters. The third-order valence-corrected chi connectivity index (χ3v) is 4.96. The second-order valence-electron chi connectivity index (χ2n) is 4.50. The molecule has 0 bridgehead atoms. The van der Waals surface area contributed by atoms with Gasteiger partial charge in [-0.15, -0.1) is 0 Å². The van der Waals surface area contributed by atoms with Gasteiger partial charge in [0.2, 0.25) is 10.0 Å². The molecule has 1 saturated heterocycles. The molecule has 1 heterocycles. The number of hydrogen-bond donors (Lipinski definition) is 2. The van der Waals surface area contributed by atoms with Crippen LogP contribution in [0.1, 0.15) is 12.0 Å². The lowest BCUT2D eigenvalue weighted by Crippen LogP contribution is -2.29. The Kier molecular flexibility index (Phi) is 4.81. The first-order valence-electron chi connectivity index (χ1n) is 5.99. The number of aliphatic hydroxyl groups is 1. The number of benzene rings is 1. The van der Waals surface area contributed by atoms with Gasteiger partial charge in [0.05, 0.1) is 18.2 Å². The van der Waals surface area contributed by atoms with Gasteiger partial charge in [-0.05, 0) is 30.0 Å². The molecular formula is C12H16ClNO4S. The Balaban J connectivity index is 2.13. The molecule has 2 rings (SSSR count). The van der Waals surface area contributed by atoms with Gasteiger partial charge >= 0.3 is 0 Å². The van der Waals surface area contributed by atoms with E-state index in [0.29, 0.717) is 25.3 Å². The monoisotopic (exact) mass is 305 g/mol. The summed E-state index contributed by atoms with van der Waals surface area (Å²) in [6.45, 7) is 1.36. The summed E-state index contributed by atoms with van der Waals surface area (Å²) in [6, 6.07) is 4.45. The van der Waals surface area contributed by atoms with Crippen LogP contribution < -0.4 is 4.72 Å². The summed E-state index contributed by atoms with van der Waals surface area (Å²) in [6.07, 6.45) is 0.854. The minimum Gasteiger partial charge on any atom is -0.392 e. The van der Waals surface area contributed by atoms with Crippen molar-refractivity contribution in [1.29, 1.82) is 0 Å². The average molecular weight is 306 g/mol. The van der Waals surface area contributed by atoms with Gasteiger partial charge in [-0.2, -0.15) is 0 Å². The minimum atomic E-state index is -3.66. The molecule has 0 radical (unpaired) electrons. The van der Waals surface area contributed by atoms with Gasteiger partial charge in [0.15, 0.2) is 0 Å². The van der Waals surface area contributed by atoms with Crippen molar-refractivity contribution in [2.45, 2.75) is 17.9 Å². The fourth-order valence-corrected chi connectivity index (χ4v) is 3.57. The zero-order valence-corrected chi connectivity index (χ0v) is 11.9. The number of aliphatic hydroxyl groups excluding tert-OH is 1. The van der Waals surface area contributed by atoms with Crippen LogP contribution >= 0.6 is 11.6 Å².